The maximum absolute atomic E-state index is 12.3. The third-order valence-corrected chi connectivity index (χ3v) is 16.4. The average molecular weight is 1160 g/mol. The van der Waals surface area contributed by atoms with Gasteiger partial charge in [0.25, 0.3) is 20.2 Å². The van der Waals surface area contributed by atoms with Crippen molar-refractivity contribution < 1.29 is 71.2 Å². The molecular weight excluding hydrogens is 1100 g/mol. The second-order valence-corrected chi connectivity index (χ2v) is 22.6. The Morgan fingerprint density at radius 1 is 0.442 bits per heavy atom. The molecule has 4 N–H and O–H groups in total. The Morgan fingerprint density at radius 3 is 0.935 bits per heavy atom. The number of phenols is 2. The summed E-state index contributed by atoms with van der Waals surface area (Å²) in [5.74, 6) is -1.76. The van der Waals surface area contributed by atoms with Gasteiger partial charge in [0, 0.05) is 111 Å². The number of rotatable bonds is 18. The molecule has 0 aliphatic heterocycles. The fourth-order valence-corrected chi connectivity index (χ4v) is 11.7. The zero-order valence-electron chi connectivity index (χ0n) is 44.2. The predicted molar refractivity (Wildman–Crippen MR) is 299 cm³/mol. The Kier molecular flexibility index (Phi) is 22.6. The first-order valence-corrected chi connectivity index (χ1v) is 30.2. The van der Waals surface area contributed by atoms with Gasteiger partial charge in [-0.25, -0.2) is 26.0 Å². The minimum atomic E-state index is -5.23. The molecule has 2 aliphatic rings. The van der Waals surface area contributed by atoms with E-state index in [2.05, 4.69) is 19.0 Å². The Hall–Kier alpha value is -5.24. The molecule has 0 fully saturated rings. The molecule has 4 aromatic rings. The van der Waals surface area contributed by atoms with Crippen LogP contribution in [-0.2, 0) is 40.5 Å². The van der Waals surface area contributed by atoms with Gasteiger partial charge in [0.15, 0.2) is 11.4 Å². The van der Waals surface area contributed by atoms with Crippen molar-refractivity contribution >= 4 is 112 Å². The van der Waals surface area contributed by atoms with E-state index in [1.165, 1.54) is 0 Å². The van der Waals surface area contributed by atoms with E-state index < -0.39 is 71.6 Å². The van der Waals surface area contributed by atoms with Gasteiger partial charge < -0.3 is 29.1 Å². The summed E-state index contributed by atoms with van der Waals surface area (Å²) in [6.07, 6.45) is 14.6. The number of anilines is 2. The average Bonchev–Trinajstić information content (AvgIpc) is 3.36. The zero-order valence-corrected chi connectivity index (χ0v) is 49.7. The number of hydrogen-bond acceptors (Lipinski definition) is 14. The molecule has 0 unspecified atom stereocenters. The standard InChI is InChI=1S/2C27H32N2O7S2.Ca/c2*1-5-28(6-2)21-13-9-19(10-14-21)27(20-11-15-22(16-12-20)29(7-3)8-4)23-17-24(30)26(38(34,35)36)18-25(23)37(31,32)33;/h2*9-18H,5-8H2,1-4H3,(H2-,30,31,32,33,34,35,36);. The largest absolute Gasteiger partial charge is 0.744 e. The molecule has 0 saturated carbocycles. The number of aromatic hydroxyl groups is 2. The topological polar surface area (TPSA) is 276 Å². The number of allylic oxidation sites excluding steroid dienone is 10. The molecule has 0 saturated heterocycles. The van der Waals surface area contributed by atoms with Gasteiger partial charge in [-0.2, -0.15) is 16.8 Å². The zero-order chi connectivity index (χ0) is 56.5. The summed E-state index contributed by atoms with van der Waals surface area (Å²) in [4.78, 5) is 0.371. The van der Waals surface area contributed by atoms with Crippen molar-refractivity contribution in [3.63, 3.8) is 0 Å². The van der Waals surface area contributed by atoms with Gasteiger partial charge >= 0.3 is 0 Å². The number of nitrogens with zero attached hydrogens (tertiary/aromatic N) is 4. The third-order valence-electron chi connectivity index (χ3n) is 12.9. The molecule has 0 amide bonds. The number of hydrogen-bond donors (Lipinski definition) is 4. The first-order chi connectivity index (χ1) is 35.7. The molecule has 2 aliphatic carbocycles. The molecule has 18 nitrogen and oxygen atoms in total. The van der Waals surface area contributed by atoms with Crippen molar-refractivity contribution in [2.75, 3.05) is 62.2 Å². The van der Waals surface area contributed by atoms with Crippen LogP contribution >= 0.6 is 0 Å². The van der Waals surface area contributed by atoms with E-state index in [4.69, 9.17) is 0 Å². The van der Waals surface area contributed by atoms with Gasteiger partial charge in [-0.05, 0) is 162 Å². The van der Waals surface area contributed by atoms with Crippen molar-refractivity contribution in [1.29, 1.82) is 0 Å². The van der Waals surface area contributed by atoms with Crippen molar-refractivity contribution in [3.8, 4) is 11.5 Å². The van der Waals surface area contributed by atoms with Crippen LogP contribution in [0, 0.1) is 0 Å². The van der Waals surface area contributed by atoms with Crippen LogP contribution in [0.4, 0.5) is 11.4 Å². The Balaban J connectivity index is 0.000000328. The molecule has 6 rings (SSSR count). The molecule has 4 aromatic carbocycles. The van der Waals surface area contributed by atoms with Crippen LogP contribution in [0.25, 0.3) is 11.1 Å². The number of benzene rings is 4. The van der Waals surface area contributed by atoms with E-state index in [1.807, 2.05) is 104 Å². The van der Waals surface area contributed by atoms with Gasteiger partial charge in [-0.3, -0.25) is 9.11 Å². The summed E-state index contributed by atoms with van der Waals surface area (Å²) in [7, 11) is -20.5. The van der Waals surface area contributed by atoms with Crippen LogP contribution in [0.15, 0.2) is 152 Å². The summed E-state index contributed by atoms with van der Waals surface area (Å²) in [5.41, 5.74) is 6.16. The van der Waals surface area contributed by atoms with E-state index in [9.17, 15) is 62.1 Å². The van der Waals surface area contributed by atoms with Crippen molar-refractivity contribution in [3.05, 3.63) is 155 Å². The number of phenolic OH excluding ortho intramolecular Hbond substituents is 2. The van der Waals surface area contributed by atoms with Gasteiger partial charge in [0.1, 0.15) is 67.7 Å². The molecular formula is C54H64CaN4O14S4. The van der Waals surface area contributed by atoms with E-state index >= 15 is 0 Å². The molecule has 0 spiro atoms. The second-order valence-electron chi connectivity index (χ2n) is 17.1. The fraction of sp³-hybridized carbons (Fsp3) is 0.296. The second kappa shape index (κ2) is 27.1. The van der Waals surface area contributed by atoms with Crippen LogP contribution in [-0.4, -0.2) is 173 Å². The molecule has 0 aromatic heterocycles. The molecule has 77 heavy (non-hydrogen) atoms. The Morgan fingerprint density at radius 2 is 0.714 bits per heavy atom. The summed E-state index contributed by atoms with van der Waals surface area (Å²) in [6.45, 7) is 22.4. The fourth-order valence-electron chi connectivity index (χ4n) is 8.98. The van der Waals surface area contributed by atoms with Crippen LogP contribution in [0.3, 0.4) is 0 Å². The molecule has 410 valence electrons. The van der Waals surface area contributed by atoms with Crippen LogP contribution in [0.2, 0.25) is 0 Å². The third kappa shape index (κ3) is 15.5. The normalized spacial score (nSPS) is 13.5. The maximum atomic E-state index is 12.3. The molecule has 0 bridgehead atoms. The van der Waals surface area contributed by atoms with Gasteiger partial charge in [-0.1, -0.05) is 24.3 Å². The SMILES string of the molecule is CCN(CC)c1ccc(C(=C2C=CC(=[N+](CC)CC)C=C2)c2cc(O)c(S(=O)(=O)O)cc2S(=O)(=O)[O-])cc1.CCN(CC)c1ccc(C(=C2C=CC(=[N+](CC)CC)C=C2)c2cc(O)c(S(=O)(=O)O)cc2S(=O)(=O)[O-])cc1.[Ca]. The quantitative estimate of drug-likeness (QED) is 0.0434. The van der Waals surface area contributed by atoms with Crippen molar-refractivity contribution in [2.24, 2.45) is 0 Å². The van der Waals surface area contributed by atoms with E-state index in [-0.39, 0.29) is 48.9 Å². The van der Waals surface area contributed by atoms with Gasteiger partial charge in [0.05, 0.1) is 9.79 Å². The Bertz CT molecular complexity index is 3290. The van der Waals surface area contributed by atoms with E-state index in [1.54, 1.807) is 48.6 Å². The van der Waals surface area contributed by atoms with Crippen molar-refractivity contribution in [2.45, 2.75) is 75.0 Å². The first kappa shape index (κ1) is 64.3. The monoisotopic (exact) mass is 1160 g/mol. The van der Waals surface area contributed by atoms with E-state index in [0.717, 1.165) is 87.3 Å². The molecule has 2 radical (unpaired) electrons. The summed E-state index contributed by atoms with van der Waals surface area (Å²) < 4.78 is 144. The molecule has 23 heteroatoms. The minimum absolute atomic E-state index is 0. The smallest absolute Gasteiger partial charge is 0.298 e. The first-order valence-electron chi connectivity index (χ1n) is 24.5. The van der Waals surface area contributed by atoms with Gasteiger partial charge in [0.2, 0.25) is 0 Å². The summed E-state index contributed by atoms with van der Waals surface area (Å²) >= 11 is 0. The van der Waals surface area contributed by atoms with E-state index in [0.29, 0.717) is 45.6 Å². The molecule has 0 heterocycles. The predicted octanol–water partition coefficient (Wildman–Crippen LogP) is 7.24. The molecule has 0 atom stereocenters. The maximum Gasteiger partial charge on any atom is 0.298 e. The minimum Gasteiger partial charge on any atom is -0.744 e. The summed E-state index contributed by atoms with van der Waals surface area (Å²) in [6, 6.07) is 17.3. The van der Waals surface area contributed by atoms with Crippen molar-refractivity contribution in [1.82, 2.24) is 0 Å². The summed E-state index contributed by atoms with van der Waals surface area (Å²) in [5, 5.41) is 20.9. The van der Waals surface area contributed by atoms with Crippen LogP contribution < -0.4 is 9.80 Å². The van der Waals surface area contributed by atoms with Gasteiger partial charge in [-0.15, -0.1) is 0 Å². The van der Waals surface area contributed by atoms with Crippen LogP contribution in [0.5, 0.6) is 11.5 Å². The Labute approximate surface area is 482 Å². The van der Waals surface area contributed by atoms with Crippen LogP contribution in [0.1, 0.15) is 77.6 Å².